The zero-order chi connectivity index (χ0) is 10.0. The fourth-order valence-electron chi connectivity index (χ4n) is 1.30. The standard InChI is InChI=1S/C7H10ClNO4/c8-4-1-6(11)9(2-4)5(3-10)7(12)13/h4-5,10H,1-3H2,(H,12,13). The summed E-state index contributed by atoms with van der Waals surface area (Å²) in [6.45, 7) is -0.386. The molecule has 1 amide bonds. The molecule has 2 N–H and O–H groups in total. The van der Waals surface area contributed by atoms with Crippen molar-refractivity contribution < 1.29 is 19.8 Å². The number of aliphatic hydroxyl groups is 1. The summed E-state index contributed by atoms with van der Waals surface area (Å²) in [4.78, 5) is 22.8. The summed E-state index contributed by atoms with van der Waals surface area (Å²) in [5.41, 5.74) is 0. The normalized spacial score (nSPS) is 24.9. The Balaban J connectivity index is 2.69. The zero-order valence-corrected chi connectivity index (χ0v) is 7.57. The number of amides is 1. The van der Waals surface area contributed by atoms with Crippen molar-refractivity contribution >= 4 is 23.5 Å². The predicted octanol–water partition coefficient (Wildman–Crippen LogP) is -0.728. The Labute approximate surface area is 79.9 Å². The summed E-state index contributed by atoms with van der Waals surface area (Å²) in [5, 5.41) is 17.0. The van der Waals surface area contributed by atoms with E-state index in [9.17, 15) is 9.59 Å². The van der Waals surface area contributed by atoms with E-state index in [4.69, 9.17) is 21.8 Å². The van der Waals surface area contributed by atoms with Crippen LogP contribution in [0.2, 0.25) is 0 Å². The number of aliphatic hydroxyl groups excluding tert-OH is 1. The first-order valence-electron chi connectivity index (χ1n) is 3.83. The van der Waals surface area contributed by atoms with E-state index in [-0.39, 0.29) is 24.2 Å². The van der Waals surface area contributed by atoms with E-state index < -0.39 is 18.6 Å². The third-order valence-electron chi connectivity index (χ3n) is 1.95. The Morgan fingerprint density at radius 3 is 2.69 bits per heavy atom. The van der Waals surface area contributed by atoms with Crippen LogP contribution in [0.15, 0.2) is 0 Å². The van der Waals surface area contributed by atoms with Crippen LogP contribution >= 0.6 is 11.6 Å². The predicted molar refractivity (Wildman–Crippen MR) is 44.5 cm³/mol. The van der Waals surface area contributed by atoms with E-state index in [2.05, 4.69) is 0 Å². The highest BCUT2D eigenvalue weighted by molar-refractivity contribution is 6.22. The molecule has 1 saturated heterocycles. The maximum atomic E-state index is 11.2. The monoisotopic (exact) mass is 207 g/mol. The highest BCUT2D eigenvalue weighted by Gasteiger charge is 2.36. The van der Waals surface area contributed by atoms with Crippen LogP contribution in [0.25, 0.3) is 0 Å². The largest absolute Gasteiger partial charge is 0.480 e. The number of carboxylic acid groups (broad SMARTS) is 1. The molecule has 0 bridgehead atoms. The molecular weight excluding hydrogens is 198 g/mol. The van der Waals surface area contributed by atoms with Crippen molar-refractivity contribution in [1.29, 1.82) is 0 Å². The van der Waals surface area contributed by atoms with Crippen LogP contribution in [-0.2, 0) is 9.59 Å². The quantitative estimate of drug-likeness (QED) is 0.599. The fourth-order valence-corrected chi connectivity index (χ4v) is 1.58. The smallest absolute Gasteiger partial charge is 0.328 e. The molecular formula is C7H10ClNO4. The first-order chi connectivity index (χ1) is 6.06. The van der Waals surface area contributed by atoms with Crippen molar-refractivity contribution in [3.63, 3.8) is 0 Å². The van der Waals surface area contributed by atoms with Gasteiger partial charge in [-0.2, -0.15) is 0 Å². The first kappa shape index (κ1) is 10.3. The molecule has 0 aromatic heterocycles. The average molecular weight is 208 g/mol. The van der Waals surface area contributed by atoms with Gasteiger partial charge in [0.15, 0.2) is 6.04 Å². The number of hydrogen-bond donors (Lipinski definition) is 2. The van der Waals surface area contributed by atoms with Crippen molar-refractivity contribution in [2.24, 2.45) is 0 Å². The second-order valence-electron chi connectivity index (χ2n) is 2.88. The van der Waals surface area contributed by atoms with Gasteiger partial charge in [-0.3, -0.25) is 4.79 Å². The van der Waals surface area contributed by atoms with Gasteiger partial charge in [0.05, 0.1) is 12.0 Å². The number of carbonyl (C=O) groups excluding carboxylic acids is 1. The molecule has 0 spiro atoms. The maximum absolute atomic E-state index is 11.2. The summed E-state index contributed by atoms with van der Waals surface area (Å²) in [6, 6.07) is -1.16. The highest BCUT2D eigenvalue weighted by atomic mass is 35.5. The second kappa shape index (κ2) is 3.93. The minimum absolute atomic E-state index is 0.144. The summed E-state index contributed by atoms with van der Waals surface area (Å²) in [6.07, 6.45) is 0.144. The molecule has 1 heterocycles. The molecule has 6 heteroatoms. The third kappa shape index (κ3) is 2.10. The molecule has 13 heavy (non-hydrogen) atoms. The van der Waals surface area contributed by atoms with Gasteiger partial charge in [-0.1, -0.05) is 0 Å². The Morgan fingerprint density at radius 1 is 1.77 bits per heavy atom. The lowest BCUT2D eigenvalue weighted by molar-refractivity contribution is -0.149. The molecule has 1 aliphatic heterocycles. The molecule has 2 atom stereocenters. The number of alkyl halides is 1. The molecule has 1 fully saturated rings. The number of aliphatic carboxylic acids is 1. The molecule has 0 aromatic rings. The molecule has 0 saturated carbocycles. The lowest BCUT2D eigenvalue weighted by atomic mass is 10.3. The van der Waals surface area contributed by atoms with Crippen LogP contribution in [0.4, 0.5) is 0 Å². The van der Waals surface area contributed by atoms with Gasteiger partial charge in [-0.15, -0.1) is 11.6 Å². The molecule has 1 aliphatic rings. The SMILES string of the molecule is O=C(O)C(CO)N1CC(Cl)CC1=O. The van der Waals surface area contributed by atoms with Gasteiger partial charge in [0.2, 0.25) is 5.91 Å². The van der Waals surface area contributed by atoms with E-state index in [1.807, 2.05) is 0 Å². The van der Waals surface area contributed by atoms with Gasteiger partial charge in [0.1, 0.15) is 0 Å². The van der Waals surface area contributed by atoms with Crippen LogP contribution in [0, 0.1) is 0 Å². The Bertz CT molecular complexity index is 233. The average Bonchev–Trinajstić information content (AvgIpc) is 2.31. The number of hydrogen-bond acceptors (Lipinski definition) is 3. The van der Waals surface area contributed by atoms with Crippen molar-refractivity contribution in [3.8, 4) is 0 Å². The Kier molecular flexibility index (Phi) is 3.11. The summed E-state index contributed by atoms with van der Waals surface area (Å²) >= 11 is 5.67. The van der Waals surface area contributed by atoms with Gasteiger partial charge in [-0.25, -0.2) is 4.79 Å². The number of nitrogens with zero attached hydrogens (tertiary/aromatic N) is 1. The number of halogens is 1. The minimum atomic E-state index is -1.21. The van der Waals surface area contributed by atoms with Crippen LogP contribution < -0.4 is 0 Å². The number of carbonyl (C=O) groups is 2. The van der Waals surface area contributed by atoms with Gasteiger partial charge >= 0.3 is 5.97 Å². The van der Waals surface area contributed by atoms with E-state index in [1.54, 1.807) is 0 Å². The van der Waals surface area contributed by atoms with Crippen molar-refractivity contribution in [2.45, 2.75) is 17.8 Å². The van der Waals surface area contributed by atoms with Crippen LogP contribution in [0.1, 0.15) is 6.42 Å². The van der Waals surface area contributed by atoms with Crippen LogP contribution in [-0.4, -0.2) is 51.6 Å². The molecule has 0 radical (unpaired) electrons. The molecule has 2 unspecified atom stereocenters. The van der Waals surface area contributed by atoms with Crippen molar-refractivity contribution in [2.75, 3.05) is 13.2 Å². The van der Waals surface area contributed by atoms with E-state index in [1.165, 1.54) is 0 Å². The van der Waals surface area contributed by atoms with Crippen LogP contribution in [0.5, 0.6) is 0 Å². The third-order valence-corrected chi connectivity index (χ3v) is 2.24. The Hall–Kier alpha value is -0.810. The Morgan fingerprint density at radius 2 is 2.38 bits per heavy atom. The van der Waals surface area contributed by atoms with Crippen molar-refractivity contribution in [3.05, 3.63) is 0 Å². The minimum Gasteiger partial charge on any atom is -0.480 e. The fraction of sp³-hybridized carbons (Fsp3) is 0.714. The van der Waals surface area contributed by atoms with E-state index >= 15 is 0 Å². The molecule has 0 aromatic carbocycles. The first-order valence-corrected chi connectivity index (χ1v) is 4.27. The number of carboxylic acids is 1. The lowest BCUT2D eigenvalue weighted by Crippen LogP contribution is -2.44. The molecule has 74 valence electrons. The summed E-state index contributed by atoms with van der Waals surface area (Å²) in [5.74, 6) is -1.52. The lowest BCUT2D eigenvalue weighted by Gasteiger charge is -2.21. The second-order valence-corrected chi connectivity index (χ2v) is 3.50. The highest BCUT2D eigenvalue weighted by Crippen LogP contribution is 2.18. The van der Waals surface area contributed by atoms with Crippen LogP contribution in [0.3, 0.4) is 0 Å². The van der Waals surface area contributed by atoms with Crippen molar-refractivity contribution in [1.82, 2.24) is 4.90 Å². The van der Waals surface area contributed by atoms with E-state index in [0.29, 0.717) is 0 Å². The molecule has 0 aliphatic carbocycles. The zero-order valence-electron chi connectivity index (χ0n) is 6.81. The maximum Gasteiger partial charge on any atom is 0.328 e. The van der Waals surface area contributed by atoms with Gasteiger partial charge < -0.3 is 15.1 Å². The molecule has 1 rings (SSSR count). The van der Waals surface area contributed by atoms with Gasteiger partial charge in [-0.05, 0) is 0 Å². The van der Waals surface area contributed by atoms with Gasteiger partial charge in [0, 0.05) is 13.0 Å². The summed E-state index contributed by atoms with van der Waals surface area (Å²) < 4.78 is 0. The number of rotatable bonds is 3. The molecule has 5 nitrogen and oxygen atoms in total. The van der Waals surface area contributed by atoms with E-state index in [0.717, 1.165) is 4.90 Å². The van der Waals surface area contributed by atoms with Gasteiger partial charge in [0.25, 0.3) is 0 Å². The summed E-state index contributed by atoms with van der Waals surface area (Å²) in [7, 11) is 0. The number of likely N-dealkylation sites (tertiary alicyclic amines) is 1. The topological polar surface area (TPSA) is 77.8 Å².